The second kappa shape index (κ2) is 4.08. The molecule has 0 saturated carbocycles. The van der Waals surface area contributed by atoms with Crippen LogP contribution in [0, 0.1) is 6.92 Å². The molecular formula is C11H14O2. The smallest absolute Gasteiger partial charge is 0.127 e. The van der Waals surface area contributed by atoms with Gasteiger partial charge >= 0.3 is 0 Å². The highest BCUT2D eigenvalue weighted by Gasteiger charge is 2.09. The first kappa shape index (κ1) is 9.78. The van der Waals surface area contributed by atoms with Gasteiger partial charge < -0.3 is 9.53 Å². The molecule has 1 aromatic carbocycles. The fourth-order valence-corrected chi connectivity index (χ4v) is 1.42. The van der Waals surface area contributed by atoms with E-state index in [-0.39, 0.29) is 5.92 Å². The lowest BCUT2D eigenvalue weighted by Crippen LogP contribution is -1.99. The van der Waals surface area contributed by atoms with E-state index in [0.29, 0.717) is 0 Å². The van der Waals surface area contributed by atoms with Gasteiger partial charge in [-0.25, -0.2) is 0 Å². The molecule has 0 amide bonds. The first-order valence-corrected chi connectivity index (χ1v) is 4.29. The number of carbonyl (C=O) groups excluding carboxylic acids is 1. The van der Waals surface area contributed by atoms with E-state index in [4.69, 9.17) is 4.74 Å². The van der Waals surface area contributed by atoms with Crippen molar-refractivity contribution in [3.05, 3.63) is 29.3 Å². The fourth-order valence-electron chi connectivity index (χ4n) is 1.42. The molecule has 0 N–H and O–H groups in total. The summed E-state index contributed by atoms with van der Waals surface area (Å²) in [5.41, 5.74) is 2.08. The zero-order valence-corrected chi connectivity index (χ0v) is 8.20. The van der Waals surface area contributed by atoms with Crippen molar-refractivity contribution < 1.29 is 9.53 Å². The van der Waals surface area contributed by atoms with Gasteiger partial charge in [0.15, 0.2) is 0 Å². The summed E-state index contributed by atoms with van der Waals surface area (Å²) in [7, 11) is 1.64. The highest BCUT2D eigenvalue weighted by Crippen LogP contribution is 2.25. The molecule has 0 saturated heterocycles. The molecule has 1 aromatic rings. The quantitative estimate of drug-likeness (QED) is 0.664. The molecule has 0 aliphatic carbocycles. The molecule has 0 aromatic heterocycles. The van der Waals surface area contributed by atoms with Crippen molar-refractivity contribution in [3.8, 4) is 5.75 Å². The van der Waals surface area contributed by atoms with Gasteiger partial charge in [-0.3, -0.25) is 0 Å². The van der Waals surface area contributed by atoms with Gasteiger partial charge in [0.2, 0.25) is 0 Å². The molecule has 0 fully saturated rings. The van der Waals surface area contributed by atoms with E-state index in [9.17, 15) is 4.79 Å². The summed E-state index contributed by atoms with van der Waals surface area (Å²) >= 11 is 0. The zero-order chi connectivity index (χ0) is 9.84. The number of benzene rings is 1. The Labute approximate surface area is 78.5 Å². The summed E-state index contributed by atoms with van der Waals surface area (Å²) in [5, 5.41) is 0. The minimum absolute atomic E-state index is 0.0601. The topological polar surface area (TPSA) is 26.3 Å². The summed E-state index contributed by atoms with van der Waals surface area (Å²) in [6, 6.07) is 5.76. The predicted molar refractivity (Wildman–Crippen MR) is 52.2 cm³/mol. The van der Waals surface area contributed by atoms with Crippen LogP contribution in [0.25, 0.3) is 0 Å². The molecule has 70 valence electrons. The molecule has 13 heavy (non-hydrogen) atoms. The normalized spacial score (nSPS) is 12.2. The van der Waals surface area contributed by atoms with Gasteiger partial charge in [0.25, 0.3) is 0 Å². The van der Waals surface area contributed by atoms with Crippen molar-refractivity contribution in [2.45, 2.75) is 19.8 Å². The second-order valence-corrected chi connectivity index (χ2v) is 3.10. The number of hydrogen-bond acceptors (Lipinski definition) is 2. The summed E-state index contributed by atoms with van der Waals surface area (Å²) in [4.78, 5) is 10.6. The van der Waals surface area contributed by atoms with Crippen molar-refractivity contribution in [1.29, 1.82) is 0 Å². The van der Waals surface area contributed by atoms with Crippen molar-refractivity contribution in [1.82, 2.24) is 0 Å². The average molecular weight is 178 g/mol. The molecule has 2 heteroatoms. The third kappa shape index (κ3) is 1.89. The fraction of sp³-hybridized carbons (Fsp3) is 0.364. The summed E-state index contributed by atoms with van der Waals surface area (Å²) in [6.07, 6.45) is 0.946. The van der Waals surface area contributed by atoms with Crippen LogP contribution in [0.2, 0.25) is 0 Å². The van der Waals surface area contributed by atoms with Gasteiger partial charge in [-0.1, -0.05) is 19.1 Å². The third-order valence-electron chi connectivity index (χ3n) is 2.24. The Morgan fingerprint density at radius 2 is 2.15 bits per heavy atom. The number of methoxy groups -OCH3 is 1. The van der Waals surface area contributed by atoms with Gasteiger partial charge in [-0.05, 0) is 24.1 Å². The van der Waals surface area contributed by atoms with Crippen LogP contribution in [0.5, 0.6) is 5.75 Å². The number of aldehydes is 1. The van der Waals surface area contributed by atoms with Crippen LogP contribution in [0.4, 0.5) is 0 Å². The van der Waals surface area contributed by atoms with E-state index in [1.807, 2.05) is 32.0 Å². The van der Waals surface area contributed by atoms with Crippen LogP contribution in [-0.2, 0) is 4.79 Å². The maximum atomic E-state index is 10.6. The number of rotatable bonds is 3. The number of hydrogen-bond donors (Lipinski definition) is 0. The summed E-state index contributed by atoms with van der Waals surface area (Å²) < 4.78 is 5.16. The Bertz CT molecular complexity index is 305. The lowest BCUT2D eigenvalue weighted by Gasteiger charge is -2.11. The molecule has 1 atom stereocenters. The molecule has 1 unspecified atom stereocenters. The van der Waals surface area contributed by atoms with Crippen LogP contribution in [0.3, 0.4) is 0 Å². The van der Waals surface area contributed by atoms with E-state index in [2.05, 4.69) is 0 Å². The number of ether oxygens (including phenoxy) is 1. The van der Waals surface area contributed by atoms with Crippen molar-refractivity contribution in [2.75, 3.05) is 7.11 Å². The molecule has 0 bridgehead atoms. The Morgan fingerprint density at radius 3 is 2.69 bits per heavy atom. The maximum absolute atomic E-state index is 10.6. The van der Waals surface area contributed by atoms with Crippen LogP contribution in [0.15, 0.2) is 18.2 Å². The van der Waals surface area contributed by atoms with Crippen LogP contribution < -0.4 is 4.74 Å². The Morgan fingerprint density at radius 1 is 1.46 bits per heavy atom. The van der Waals surface area contributed by atoms with Gasteiger partial charge in [0, 0.05) is 5.92 Å². The molecule has 0 heterocycles. The molecule has 0 spiro atoms. The average Bonchev–Trinajstić information content (AvgIpc) is 2.17. The first-order valence-electron chi connectivity index (χ1n) is 4.29. The second-order valence-electron chi connectivity index (χ2n) is 3.10. The summed E-state index contributed by atoms with van der Waals surface area (Å²) in [6.45, 7) is 3.85. The van der Waals surface area contributed by atoms with Gasteiger partial charge in [-0.15, -0.1) is 0 Å². The highest BCUT2D eigenvalue weighted by molar-refractivity contribution is 5.63. The van der Waals surface area contributed by atoms with Crippen LogP contribution in [-0.4, -0.2) is 13.4 Å². The zero-order valence-electron chi connectivity index (χ0n) is 8.20. The van der Waals surface area contributed by atoms with E-state index in [0.717, 1.165) is 23.2 Å². The van der Waals surface area contributed by atoms with Crippen molar-refractivity contribution in [2.24, 2.45) is 0 Å². The Hall–Kier alpha value is -1.31. The molecule has 0 radical (unpaired) electrons. The molecular weight excluding hydrogens is 164 g/mol. The molecule has 0 aliphatic heterocycles. The third-order valence-corrected chi connectivity index (χ3v) is 2.24. The van der Waals surface area contributed by atoms with E-state index in [1.54, 1.807) is 7.11 Å². The highest BCUT2D eigenvalue weighted by atomic mass is 16.5. The van der Waals surface area contributed by atoms with E-state index >= 15 is 0 Å². The monoisotopic (exact) mass is 178 g/mol. The van der Waals surface area contributed by atoms with Crippen molar-refractivity contribution in [3.63, 3.8) is 0 Å². The molecule has 0 aliphatic rings. The van der Waals surface area contributed by atoms with Crippen molar-refractivity contribution >= 4 is 6.29 Å². The molecule has 2 nitrogen and oxygen atoms in total. The first-order chi connectivity index (χ1) is 6.20. The Balaban J connectivity index is 3.14. The van der Waals surface area contributed by atoms with Crippen LogP contribution >= 0.6 is 0 Å². The van der Waals surface area contributed by atoms with E-state index in [1.165, 1.54) is 0 Å². The predicted octanol–water partition coefficient (Wildman–Crippen LogP) is 2.31. The minimum atomic E-state index is -0.0601. The Kier molecular flexibility index (Phi) is 3.07. The van der Waals surface area contributed by atoms with Gasteiger partial charge in [0.05, 0.1) is 7.11 Å². The largest absolute Gasteiger partial charge is 0.496 e. The lowest BCUT2D eigenvalue weighted by atomic mass is 9.97. The van der Waals surface area contributed by atoms with Gasteiger partial charge in [0.1, 0.15) is 12.0 Å². The number of carbonyl (C=O) groups is 1. The molecule has 1 rings (SSSR count). The standard InChI is InChI=1S/C11H14O2/c1-8(7-12)10-5-4-6-11(13-3)9(10)2/h4-8H,1-3H3. The minimum Gasteiger partial charge on any atom is -0.496 e. The summed E-state index contributed by atoms with van der Waals surface area (Å²) in [5.74, 6) is 0.779. The lowest BCUT2D eigenvalue weighted by molar-refractivity contribution is -0.108. The SMILES string of the molecule is COc1cccc(C(C)C=O)c1C. The maximum Gasteiger partial charge on any atom is 0.127 e. The van der Waals surface area contributed by atoms with Gasteiger partial charge in [-0.2, -0.15) is 0 Å². The van der Waals surface area contributed by atoms with Crippen LogP contribution in [0.1, 0.15) is 24.0 Å². The van der Waals surface area contributed by atoms with E-state index < -0.39 is 0 Å².